The first-order chi connectivity index (χ1) is 6.95. The summed E-state index contributed by atoms with van der Waals surface area (Å²) in [5.74, 6) is 0.448. The summed E-state index contributed by atoms with van der Waals surface area (Å²) in [4.78, 5) is 11.1. The Morgan fingerprint density at radius 2 is 1.93 bits per heavy atom. The number of hydrogen-bond donors (Lipinski definition) is 0. The van der Waals surface area contributed by atoms with Crippen molar-refractivity contribution in [2.75, 3.05) is 0 Å². The van der Waals surface area contributed by atoms with Crippen molar-refractivity contribution >= 4 is 6.16 Å². The predicted octanol–water partition coefficient (Wildman–Crippen LogP) is 3.58. The second kappa shape index (κ2) is 6.87. The lowest BCUT2D eigenvalue weighted by Crippen LogP contribution is -2.12. The van der Waals surface area contributed by atoms with Gasteiger partial charge in [0.2, 0.25) is 0 Å². The van der Waals surface area contributed by atoms with Crippen molar-refractivity contribution in [3.8, 4) is 0 Å². The molecule has 0 aliphatic carbocycles. The van der Waals surface area contributed by atoms with Crippen molar-refractivity contribution in [2.45, 2.75) is 33.8 Å². The molecule has 0 radical (unpaired) electrons. The number of hydrogen-bond acceptors (Lipinski definition) is 3. The molecule has 0 heterocycles. The zero-order chi connectivity index (χ0) is 11.8. The molecule has 3 nitrogen and oxygen atoms in total. The Bertz CT molecular complexity index is 285. The fourth-order valence-electron chi connectivity index (χ4n) is 0.726. The summed E-state index contributed by atoms with van der Waals surface area (Å²) in [5.41, 5.74) is 0.884. The summed E-state index contributed by atoms with van der Waals surface area (Å²) < 4.78 is 9.76. The lowest BCUT2D eigenvalue weighted by Gasteiger charge is -2.08. The molecule has 0 bridgehead atoms. The van der Waals surface area contributed by atoms with E-state index in [0.29, 0.717) is 5.76 Å². The summed E-state index contributed by atoms with van der Waals surface area (Å²) in [6.45, 7) is 10.9. The Balaban J connectivity index is 4.24. The first-order valence-electron chi connectivity index (χ1n) is 4.84. The third-order valence-electron chi connectivity index (χ3n) is 1.35. The van der Waals surface area contributed by atoms with Gasteiger partial charge in [0.05, 0.1) is 6.10 Å². The first kappa shape index (κ1) is 13.5. The Morgan fingerprint density at radius 1 is 1.33 bits per heavy atom. The minimum atomic E-state index is -0.690. The standard InChI is InChI=1S/C12H18O3/c1-6-11(8-7-9(2)3)15-12(13)14-10(4)5/h6-8,10H,2H2,1,3-5H3/b8-7-,11-6+. The fraction of sp³-hybridized carbons (Fsp3) is 0.417. The van der Waals surface area contributed by atoms with Crippen LogP contribution < -0.4 is 0 Å². The molecule has 0 atom stereocenters. The van der Waals surface area contributed by atoms with E-state index in [1.807, 2.05) is 6.92 Å². The Kier molecular flexibility index (Phi) is 6.18. The molecule has 0 unspecified atom stereocenters. The molecule has 0 spiro atoms. The van der Waals surface area contributed by atoms with E-state index in [4.69, 9.17) is 9.47 Å². The van der Waals surface area contributed by atoms with Crippen molar-refractivity contribution < 1.29 is 14.3 Å². The van der Waals surface area contributed by atoms with Crippen LogP contribution in [0.15, 0.2) is 36.1 Å². The zero-order valence-electron chi connectivity index (χ0n) is 9.74. The van der Waals surface area contributed by atoms with E-state index in [0.717, 1.165) is 5.57 Å². The van der Waals surface area contributed by atoms with E-state index < -0.39 is 6.16 Å². The minimum Gasteiger partial charge on any atom is -0.431 e. The summed E-state index contributed by atoms with van der Waals surface area (Å²) in [5, 5.41) is 0. The highest BCUT2D eigenvalue weighted by atomic mass is 16.7. The average molecular weight is 210 g/mol. The highest BCUT2D eigenvalue weighted by Gasteiger charge is 2.07. The number of carbonyl (C=O) groups is 1. The monoisotopic (exact) mass is 210 g/mol. The Labute approximate surface area is 91.1 Å². The van der Waals surface area contributed by atoms with Crippen LogP contribution in [0.25, 0.3) is 0 Å². The number of carbonyl (C=O) groups excluding carboxylic acids is 1. The van der Waals surface area contributed by atoms with E-state index in [9.17, 15) is 4.79 Å². The van der Waals surface area contributed by atoms with Crippen LogP contribution in [-0.4, -0.2) is 12.3 Å². The maximum absolute atomic E-state index is 11.1. The van der Waals surface area contributed by atoms with Gasteiger partial charge < -0.3 is 9.47 Å². The van der Waals surface area contributed by atoms with Gasteiger partial charge in [0.1, 0.15) is 5.76 Å². The molecule has 0 aliphatic rings. The molecule has 0 saturated carbocycles. The van der Waals surface area contributed by atoms with Gasteiger partial charge in [0, 0.05) is 0 Å². The van der Waals surface area contributed by atoms with Crippen LogP contribution in [0.5, 0.6) is 0 Å². The molecule has 0 saturated heterocycles. The van der Waals surface area contributed by atoms with Crippen LogP contribution in [0.4, 0.5) is 4.79 Å². The van der Waals surface area contributed by atoms with E-state index >= 15 is 0 Å². The van der Waals surface area contributed by atoms with Crippen molar-refractivity contribution in [3.63, 3.8) is 0 Å². The quantitative estimate of drug-likeness (QED) is 0.404. The van der Waals surface area contributed by atoms with Gasteiger partial charge in [-0.3, -0.25) is 0 Å². The molecule has 0 rings (SSSR count). The number of ether oxygens (including phenoxy) is 2. The highest BCUT2D eigenvalue weighted by Crippen LogP contribution is 2.05. The minimum absolute atomic E-state index is 0.180. The maximum Gasteiger partial charge on any atom is 0.514 e. The SMILES string of the molecule is C=C(C)/C=C\C(=C/C)OC(=O)OC(C)C. The molecule has 0 aliphatic heterocycles. The summed E-state index contributed by atoms with van der Waals surface area (Å²) in [7, 11) is 0. The molecule has 84 valence electrons. The van der Waals surface area contributed by atoms with Crippen LogP contribution in [-0.2, 0) is 9.47 Å². The van der Waals surface area contributed by atoms with E-state index in [2.05, 4.69) is 6.58 Å². The lowest BCUT2D eigenvalue weighted by atomic mass is 10.3. The fourth-order valence-corrected chi connectivity index (χ4v) is 0.726. The molecular weight excluding hydrogens is 192 g/mol. The normalized spacial score (nSPS) is 11.9. The molecule has 0 amide bonds. The van der Waals surface area contributed by atoms with Gasteiger partial charge in [-0.2, -0.15) is 0 Å². The van der Waals surface area contributed by atoms with Gasteiger partial charge in [-0.15, -0.1) is 0 Å². The Hall–Kier alpha value is -1.51. The van der Waals surface area contributed by atoms with Crippen molar-refractivity contribution in [1.82, 2.24) is 0 Å². The number of allylic oxidation sites excluding steroid dienone is 4. The van der Waals surface area contributed by atoms with Gasteiger partial charge >= 0.3 is 6.16 Å². The van der Waals surface area contributed by atoms with Crippen LogP contribution in [0.3, 0.4) is 0 Å². The van der Waals surface area contributed by atoms with Gasteiger partial charge in [-0.1, -0.05) is 18.2 Å². The lowest BCUT2D eigenvalue weighted by molar-refractivity contribution is 0.0556. The Morgan fingerprint density at radius 3 is 2.33 bits per heavy atom. The molecule has 0 aromatic heterocycles. The first-order valence-corrected chi connectivity index (χ1v) is 4.84. The molecule has 0 aromatic carbocycles. The van der Waals surface area contributed by atoms with Crippen molar-refractivity contribution in [3.05, 3.63) is 36.1 Å². The van der Waals surface area contributed by atoms with Crippen LogP contribution >= 0.6 is 0 Å². The van der Waals surface area contributed by atoms with Crippen LogP contribution in [0.2, 0.25) is 0 Å². The molecule has 0 fully saturated rings. The molecular formula is C12H18O3. The molecule has 3 heteroatoms. The summed E-state index contributed by atoms with van der Waals surface area (Å²) in [6.07, 6.45) is 4.24. The van der Waals surface area contributed by atoms with E-state index in [1.54, 1.807) is 39.0 Å². The van der Waals surface area contributed by atoms with E-state index in [1.165, 1.54) is 0 Å². The predicted molar refractivity (Wildman–Crippen MR) is 60.4 cm³/mol. The van der Waals surface area contributed by atoms with Crippen LogP contribution in [0.1, 0.15) is 27.7 Å². The highest BCUT2D eigenvalue weighted by molar-refractivity contribution is 5.62. The summed E-state index contributed by atoms with van der Waals surface area (Å²) >= 11 is 0. The number of rotatable bonds is 4. The van der Waals surface area contributed by atoms with Crippen LogP contribution in [0, 0.1) is 0 Å². The molecule has 15 heavy (non-hydrogen) atoms. The topological polar surface area (TPSA) is 35.5 Å². The van der Waals surface area contributed by atoms with Gasteiger partial charge in [-0.25, -0.2) is 4.79 Å². The zero-order valence-corrected chi connectivity index (χ0v) is 9.74. The van der Waals surface area contributed by atoms with E-state index in [-0.39, 0.29) is 6.10 Å². The van der Waals surface area contributed by atoms with Gasteiger partial charge in [0.15, 0.2) is 0 Å². The largest absolute Gasteiger partial charge is 0.514 e. The third-order valence-corrected chi connectivity index (χ3v) is 1.35. The summed E-state index contributed by atoms with van der Waals surface area (Å²) in [6, 6.07) is 0. The van der Waals surface area contributed by atoms with Crippen molar-refractivity contribution in [2.24, 2.45) is 0 Å². The van der Waals surface area contributed by atoms with Gasteiger partial charge in [-0.05, 0) is 39.8 Å². The van der Waals surface area contributed by atoms with Gasteiger partial charge in [0.25, 0.3) is 0 Å². The van der Waals surface area contributed by atoms with Crippen molar-refractivity contribution in [1.29, 1.82) is 0 Å². The molecule has 0 N–H and O–H groups in total. The smallest absolute Gasteiger partial charge is 0.431 e. The third kappa shape index (κ3) is 7.55. The average Bonchev–Trinajstić information content (AvgIpc) is 2.10. The molecule has 0 aromatic rings. The second-order valence-electron chi connectivity index (χ2n) is 3.39. The second-order valence-corrected chi connectivity index (χ2v) is 3.39. The maximum atomic E-state index is 11.1.